The summed E-state index contributed by atoms with van der Waals surface area (Å²) in [7, 11) is 0. The van der Waals surface area contributed by atoms with Gasteiger partial charge in [-0.15, -0.1) is 0 Å². The molecule has 31 heavy (non-hydrogen) atoms. The van der Waals surface area contributed by atoms with Gasteiger partial charge in [0.1, 0.15) is 5.82 Å². The zero-order valence-corrected chi connectivity index (χ0v) is 19.2. The average Bonchev–Trinajstić information content (AvgIpc) is 3.26. The molecule has 1 saturated carbocycles. The quantitative estimate of drug-likeness (QED) is 0.370. The van der Waals surface area contributed by atoms with Crippen LogP contribution in [0.4, 0.5) is 17.2 Å². The lowest BCUT2D eigenvalue weighted by molar-refractivity contribution is 0.435. The van der Waals surface area contributed by atoms with Crippen molar-refractivity contribution in [3.8, 4) is 0 Å². The number of benzene rings is 2. The molecule has 0 radical (unpaired) electrons. The maximum Gasteiger partial charge on any atom is 0.170 e. The number of aryl methyl sites for hydroxylation is 1. The molecule has 1 aliphatic carbocycles. The highest BCUT2D eigenvalue weighted by Crippen LogP contribution is 2.41. The first-order chi connectivity index (χ1) is 15.0. The van der Waals surface area contributed by atoms with E-state index < -0.39 is 0 Å². The highest BCUT2D eigenvalue weighted by molar-refractivity contribution is 7.80. The van der Waals surface area contributed by atoms with Gasteiger partial charge in [-0.25, -0.2) is 4.98 Å². The molecule has 1 heterocycles. The Balaban J connectivity index is 1.35. The Bertz CT molecular complexity index is 1050. The summed E-state index contributed by atoms with van der Waals surface area (Å²) in [6.45, 7) is 2.86. The van der Waals surface area contributed by atoms with Crippen LogP contribution in [0.5, 0.6) is 0 Å². The fourth-order valence-corrected chi connectivity index (χ4v) is 4.64. The van der Waals surface area contributed by atoms with Crippen molar-refractivity contribution in [2.45, 2.75) is 38.0 Å². The summed E-state index contributed by atoms with van der Waals surface area (Å²) in [5.74, 6) is 0.796. The average molecular weight is 451 g/mol. The largest absolute Gasteiger partial charge is 0.362 e. The van der Waals surface area contributed by atoms with Gasteiger partial charge in [-0.2, -0.15) is 0 Å². The van der Waals surface area contributed by atoms with Crippen LogP contribution < -0.4 is 16.0 Å². The van der Waals surface area contributed by atoms with E-state index in [9.17, 15) is 0 Å². The van der Waals surface area contributed by atoms with Gasteiger partial charge >= 0.3 is 0 Å². The van der Waals surface area contributed by atoms with Crippen molar-refractivity contribution in [1.82, 2.24) is 10.3 Å². The molecule has 0 aliphatic heterocycles. The highest BCUT2D eigenvalue weighted by Gasteiger charge is 2.35. The van der Waals surface area contributed by atoms with Crippen LogP contribution in [0, 0.1) is 6.92 Å². The second-order valence-electron chi connectivity index (χ2n) is 8.18. The van der Waals surface area contributed by atoms with Crippen molar-refractivity contribution >= 4 is 46.1 Å². The minimum absolute atomic E-state index is 0.0796. The standard InChI is InChI=1S/C25H27ClN4S/c1-18-7-2-3-10-22(18)30-23-12-11-21(16-27-23)29-24(31)28-17-25(13-4-5-14-25)19-8-6-9-20(26)15-19/h2-3,6-12,15-16H,4-5,13-14,17H2,1H3,(H,27,30)(H2,28,29,31). The molecule has 0 unspecified atom stereocenters. The van der Waals surface area contributed by atoms with Crippen LogP contribution in [-0.2, 0) is 5.41 Å². The first-order valence-electron chi connectivity index (χ1n) is 10.6. The van der Waals surface area contributed by atoms with Crippen molar-refractivity contribution in [3.05, 3.63) is 83.0 Å². The van der Waals surface area contributed by atoms with Gasteiger partial charge in [0.15, 0.2) is 5.11 Å². The number of nitrogens with zero attached hydrogens (tertiary/aromatic N) is 1. The zero-order chi connectivity index (χ0) is 21.7. The van der Waals surface area contributed by atoms with Gasteiger partial charge in [0.25, 0.3) is 0 Å². The van der Waals surface area contributed by atoms with Crippen molar-refractivity contribution in [2.75, 3.05) is 17.2 Å². The van der Waals surface area contributed by atoms with Crippen LogP contribution in [0.1, 0.15) is 36.8 Å². The lowest BCUT2D eigenvalue weighted by Crippen LogP contribution is -2.40. The van der Waals surface area contributed by atoms with Gasteiger partial charge < -0.3 is 16.0 Å². The molecule has 6 heteroatoms. The second-order valence-corrected chi connectivity index (χ2v) is 9.02. The summed E-state index contributed by atoms with van der Waals surface area (Å²) >= 11 is 11.8. The minimum atomic E-state index is 0.0796. The summed E-state index contributed by atoms with van der Waals surface area (Å²) in [5.41, 5.74) is 4.46. The summed E-state index contributed by atoms with van der Waals surface area (Å²) in [6, 6.07) is 20.3. The molecule has 0 spiro atoms. The molecular weight excluding hydrogens is 424 g/mol. The Morgan fingerprint density at radius 3 is 2.58 bits per heavy atom. The van der Waals surface area contributed by atoms with E-state index in [1.165, 1.54) is 24.0 Å². The van der Waals surface area contributed by atoms with Gasteiger partial charge in [0.05, 0.1) is 11.9 Å². The third-order valence-corrected chi connectivity index (χ3v) is 6.50. The fourth-order valence-electron chi connectivity index (χ4n) is 4.26. The number of para-hydroxylation sites is 1. The van der Waals surface area contributed by atoms with Crippen LogP contribution in [0.15, 0.2) is 66.9 Å². The van der Waals surface area contributed by atoms with E-state index in [0.29, 0.717) is 5.11 Å². The van der Waals surface area contributed by atoms with E-state index in [2.05, 4.69) is 46.1 Å². The van der Waals surface area contributed by atoms with Gasteiger partial charge in [-0.1, -0.05) is 54.8 Å². The Labute approximate surface area is 194 Å². The van der Waals surface area contributed by atoms with Gasteiger partial charge in [0.2, 0.25) is 0 Å². The molecule has 3 aromatic rings. The first kappa shape index (κ1) is 21.6. The summed E-state index contributed by atoms with van der Waals surface area (Å²) in [4.78, 5) is 4.50. The number of thiocarbonyl (C=S) groups is 1. The SMILES string of the molecule is Cc1ccccc1Nc1ccc(NC(=S)NCC2(c3cccc(Cl)c3)CCCC2)cn1. The molecule has 1 fully saturated rings. The fraction of sp³-hybridized carbons (Fsp3) is 0.280. The predicted octanol–water partition coefficient (Wildman–Crippen LogP) is 6.59. The number of anilines is 3. The third kappa shape index (κ3) is 5.35. The monoisotopic (exact) mass is 450 g/mol. The van der Waals surface area contributed by atoms with E-state index in [-0.39, 0.29) is 5.41 Å². The molecule has 0 amide bonds. The van der Waals surface area contributed by atoms with Crippen LogP contribution in [0.3, 0.4) is 0 Å². The summed E-state index contributed by atoms with van der Waals surface area (Å²) < 4.78 is 0. The lowest BCUT2D eigenvalue weighted by atomic mass is 9.79. The minimum Gasteiger partial charge on any atom is -0.362 e. The Kier molecular flexibility index (Phi) is 6.73. The van der Waals surface area contributed by atoms with Gasteiger partial charge in [0, 0.05) is 22.7 Å². The van der Waals surface area contributed by atoms with Crippen LogP contribution in [0.25, 0.3) is 0 Å². The topological polar surface area (TPSA) is 49.0 Å². The second kappa shape index (κ2) is 9.67. The summed E-state index contributed by atoms with van der Waals surface area (Å²) in [5, 5.41) is 11.4. The molecule has 160 valence electrons. The molecular formula is C25H27ClN4S. The van der Waals surface area contributed by atoms with E-state index in [1.807, 2.05) is 42.5 Å². The van der Waals surface area contributed by atoms with Crippen molar-refractivity contribution in [1.29, 1.82) is 0 Å². The van der Waals surface area contributed by atoms with Gasteiger partial charge in [-0.05, 0) is 73.4 Å². The number of pyridine rings is 1. The van der Waals surface area contributed by atoms with E-state index in [1.54, 1.807) is 6.20 Å². The number of nitrogens with one attached hydrogen (secondary N) is 3. The molecule has 0 saturated heterocycles. The smallest absolute Gasteiger partial charge is 0.170 e. The number of hydrogen-bond acceptors (Lipinski definition) is 3. The van der Waals surface area contributed by atoms with Crippen LogP contribution in [0.2, 0.25) is 5.02 Å². The van der Waals surface area contributed by atoms with Crippen molar-refractivity contribution < 1.29 is 0 Å². The first-order valence-corrected chi connectivity index (χ1v) is 11.4. The highest BCUT2D eigenvalue weighted by atomic mass is 35.5. The van der Waals surface area contributed by atoms with E-state index in [0.717, 1.165) is 41.6 Å². The molecule has 4 rings (SSSR count). The maximum absolute atomic E-state index is 6.26. The number of rotatable bonds is 6. The van der Waals surface area contributed by atoms with Crippen molar-refractivity contribution in [2.24, 2.45) is 0 Å². The normalized spacial score (nSPS) is 14.8. The Hall–Kier alpha value is -2.63. The molecule has 0 bridgehead atoms. The Morgan fingerprint density at radius 1 is 1.06 bits per heavy atom. The van der Waals surface area contributed by atoms with E-state index in [4.69, 9.17) is 23.8 Å². The van der Waals surface area contributed by atoms with Crippen LogP contribution in [-0.4, -0.2) is 16.6 Å². The molecule has 1 aromatic heterocycles. The lowest BCUT2D eigenvalue weighted by Gasteiger charge is -2.30. The molecule has 3 N–H and O–H groups in total. The molecule has 4 nitrogen and oxygen atoms in total. The number of aromatic nitrogens is 1. The summed E-state index contributed by atoms with van der Waals surface area (Å²) in [6.07, 6.45) is 6.53. The number of hydrogen-bond donors (Lipinski definition) is 3. The van der Waals surface area contributed by atoms with Crippen LogP contribution >= 0.6 is 23.8 Å². The van der Waals surface area contributed by atoms with Gasteiger partial charge in [-0.3, -0.25) is 0 Å². The molecule has 1 aliphatic rings. The van der Waals surface area contributed by atoms with E-state index >= 15 is 0 Å². The predicted molar refractivity (Wildman–Crippen MR) is 135 cm³/mol. The zero-order valence-electron chi connectivity index (χ0n) is 17.6. The maximum atomic E-state index is 6.26. The van der Waals surface area contributed by atoms with Crippen molar-refractivity contribution in [3.63, 3.8) is 0 Å². The third-order valence-electron chi connectivity index (χ3n) is 6.01. The molecule has 2 aromatic carbocycles. The molecule has 0 atom stereocenters. The Morgan fingerprint density at radius 2 is 1.87 bits per heavy atom. The number of halogens is 1.